The standard InChI is InChI=1S/C17H13N5O7/c1-29-15-5-3-11(22(27)28)7-14(15)19-16(23)8-20-9-18-13-4-2-10(21(25)26)6-12(13)17(20)24/h2-7,9H,8H2,1H3,(H,19,23). The number of nitrogens with zero attached hydrogens (tertiary/aromatic N) is 4. The van der Waals surface area contributed by atoms with Crippen LogP contribution in [0.1, 0.15) is 0 Å². The van der Waals surface area contributed by atoms with Crippen LogP contribution in [-0.2, 0) is 11.3 Å². The number of fused-ring (bicyclic) bond motifs is 1. The van der Waals surface area contributed by atoms with Gasteiger partial charge in [-0.15, -0.1) is 0 Å². The normalized spacial score (nSPS) is 10.5. The average molecular weight is 399 g/mol. The van der Waals surface area contributed by atoms with Gasteiger partial charge in [-0.05, 0) is 12.1 Å². The molecule has 1 N–H and O–H groups in total. The molecule has 0 atom stereocenters. The Balaban J connectivity index is 1.89. The number of hydrogen-bond acceptors (Lipinski definition) is 8. The Morgan fingerprint density at radius 2 is 1.79 bits per heavy atom. The zero-order valence-electron chi connectivity index (χ0n) is 14.9. The van der Waals surface area contributed by atoms with Crippen molar-refractivity contribution in [2.24, 2.45) is 0 Å². The highest BCUT2D eigenvalue weighted by atomic mass is 16.6. The van der Waals surface area contributed by atoms with Crippen molar-refractivity contribution in [3.05, 3.63) is 73.3 Å². The molecule has 29 heavy (non-hydrogen) atoms. The summed E-state index contributed by atoms with van der Waals surface area (Å²) in [5.74, 6) is -0.471. The van der Waals surface area contributed by atoms with Crippen LogP contribution in [0, 0.1) is 20.2 Å². The SMILES string of the molecule is COc1ccc([N+](=O)[O-])cc1NC(=O)Cn1cnc2ccc([N+](=O)[O-])cc2c1=O. The highest BCUT2D eigenvalue weighted by Gasteiger charge is 2.16. The second-order valence-electron chi connectivity index (χ2n) is 5.83. The summed E-state index contributed by atoms with van der Waals surface area (Å²) in [5.41, 5.74) is -0.862. The van der Waals surface area contributed by atoms with Crippen LogP contribution < -0.4 is 15.6 Å². The largest absolute Gasteiger partial charge is 0.495 e. The number of aromatic nitrogens is 2. The number of ether oxygens (including phenoxy) is 1. The minimum atomic E-state index is -0.669. The number of carbonyl (C=O) groups is 1. The first-order valence-electron chi connectivity index (χ1n) is 8.06. The van der Waals surface area contributed by atoms with Crippen molar-refractivity contribution in [3.63, 3.8) is 0 Å². The quantitative estimate of drug-likeness (QED) is 0.485. The molecule has 148 valence electrons. The van der Waals surface area contributed by atoms with Crippen molar-refractivity contribution in [3.8, 4) is 5.75 Å². The number of anilines is 1. The maximum absolute atomic E-state index is 12.6. The minimum absolute atomic E-state index is 0.0116. The smallest absolute Gasteiger partial charge is 0.271 e. The first-order valence-corrected chi connectivity index (χ1v) is 8.06. The third-order valence-electron chi connectivity index (χ3n) is 4.00. The molecule has 12 nitrogen and oxygen atoms in total. The number of carbonyl (C=O) groups excluding carboxylic acids is 1. The van der Waals surface area contributed by atoms with Crippen LogP contribution in [0.25, 0.3) is 10.9 Å². The van der Waals surface area contributed by atoms with Gasteiger partial charge in [-0.3, -0.25) is 34.4 Å². The Labute approximate surface area is 161 Å². The molecule has 0 unspecified atom stereocenters. The van der Waals surface area contributed by atoms with Gasteiger partial charge in [-0.2, -0.15) is 0 Å². The average Bonchev–Trinajstić information content (AvgIpc) is 2.69. The highest BCUT2D eigenvalue weighted by Crippen LogP contribution is 2.28. The highest BCUT2D eigenvalue weighted by molar-refractivity contribution is 5.92. The van der Waals surface area contributed by atoms with Crippen LogP contribution in [0.5, 0.6) is 5.75 Å². The van der Waals surface area contributed by atoms with Crippen LogP contribution in [0.15, 0.2) is 47.5 Å². The summed E-state index contributed by atoms with van der Waals surface area (Å²) in [6.07, 6.45) is 1.14. The molecule has 0 fully saturated rings. The van der Waals surface area contributed by atoms with E-state index < -0.39 is 27.9 Å². The fourth-order valence-corrected chi connectivity index (χ4v) is 2.62. The Morgan fingerprint density at radius 3 is 2.45 bits per heavy atom. The lowest BCUT2D eigenvalue weighted by Crippen LogP contribution is -2.28. The second-order valence-corrected chi connectivity index (χ2v) is 5.83. The fraction of sp³-hybridized carbons (Fsp3) is 0.118. The zero-order chi connectivity index (χ0) is 21.1. The molecule has 3 rings (SSSR count). The molecule has 0 aliphatic carbocycles. The van der Waals surface area contributed by atoms with E-state index in [1.165, 1.54) is 31.4 Å². The Kier molecular flexibility index (Phi) is 5.17. The van der Waals surface area contributed by atoms with Gasteiger partial charge < -0.3 is 10.1 Å². The summed E-state index contributed by atoms with van der Waals surface area (Å²) in [6, 6.07) is 7.33. The second kappa shape index (κ2) is 7.72. The molecule has 0 aliphatic heterocycles. The molecule has 0 bridgehead atoms. The van der Waals surface area contributed by atoms with Crippen molar-refractivity contribution in [2.45, 2.75) is 6.54 Å². The van der Waals surface area contributed by atoms with Crippen LogP contribution >= 0.6 is 0 Å². The van der Waals surface area contributed by atoms with Gasteiger partial charge in [0, 0.05) is 24.3 Å². The molecule has 0 spiro atoms. The molecule has 1 aromatic heterocycles. The number of methoxy groups -OCH3 is 1. The first kappa shape index (κ1) is 19.4. The molecule has 1 amide bonds. The van der Waals surface area contributed by atoms with Gasteiger partial charge in [0.15, 0.2) is 0 Å². The number of nitro benzene ring substituents is 2. The number of non-ortho nitro benzene ring substituents is 2. The molecule has 0 radical (unpaired) electrons. The van der Waals surface area contributed by atoms with E-state index in [2.05, 4.69) is 10.3 Å². The minimum Gasteiger partial charge on any atom is -0.495 e. The predicted molar refractivity (Wildman–Crippen MR) is 101 cm³/mol. The number of nitro groups is 2. The molecule has 0 saturated heterocycles. The molecule has 0 saturated carbocycles. The lowest BCUT2D eigenvalue weighted by atomic mass is 10.2. The summed E-state index contributed by atoms with van der Waals surface area (Å²) < 4.78 is 6.04. The lowest BCUT2D eigenvalue weighted by molar-refractivity contribution is -0.384. The van der Waals surface area contributed by atoms with Crippen LogP contribution in [-0.4, -0.2) is 32.4 Å². The summed E-state index contributed by atoms with van der Waals surface area (Å²) in [6.45, 7) is -0.462. The fourth-order valence-electron chi connectivity index (χ4n) is 2.62. The molecular weight excluding hydrogens is 386 g/mol. The molecule has 3 aromatic rings. The summed E-state index contributed by atoms with van der Waals surface area (Å²) in [7, 11) is 1.33. The van der Waals surface area contributed by atoms with Crippen molar-refractivity contribution >= 4 is 33.9 Å². The number of rotatable bonds is 6. The van der Waals surface area contributed by atoms with Gasteiger partial charge in [-0.1, -0.05) is 0 Å². The van der Waals surface area contributed by atoms with Crippen molar-refractivity contribution < 1.29 is 19.4 Å². The van der Waals surface area contributed by atoms with E-state index in [9.17, 15) is 29.8 Å². The monoisotopic (exact) mass is 399 g/mol. The molecular formula is C17H13N5O7. The summed E-state index contributed by atoms with van der Waals surface area (Å²) in [5, 5.41) is 24.3. The number of nitrogens with one attached hydrogen (secondary N) is 1. The maximum Gasteiger partial charge on any atom is 0.271 e. The molecule has 12 heteroatoms. The Bertz CT molecular complexity index is 1200. The Morgan fingerprint density at radius 1 is 1.14 bits per heavy atom. The third kappa shape index (κ3) is 4.00. The van der Waals surface area contributed by atoms with E-state index in [0.29, 0.717) is 0 Å². The van der Waals surface area contributed by atoms with Gasteiger partial charge in [0.05, 0.1) is 39.9 Å². The van der Waals surface area contributed by atoms with E-state index in [0.717, 1.165) is 23.0 Å². The molecule has 2 aromatic carbocycles. The maximum atomic E-state index is 12.6. The van der Waals surface area contributed by atoms with Gasteiger partial charge in [0.25, 0.3) is 16.9 Å². The van der Waals surface area contributed by atoms with Crippen molar-refractivity contribution in [1.82, 2.24) is 9.55 Å². The zero-order valence-corrected chi connectivity index (χ0v) is 14.9. The topological polar surface area (TPSA) is 160 Å². The number of hydrogen-bond donors (Lipinski definition) is 1. The Hall–Kier alpha value is -4.35. The van der Waals surface area contributed by atoms with Gasteiger partial charge in [-0.25, -0.2) is 4.98 Å². The van der Waals surface area contributed by atoms with Crippen LogP contribution in [0.4, 0.5) is 17.1 Å². The number of amides is 1. The van der Waals surface area contributed by atoms with E-state index >= 15 is 0 Å². The molecule has 1 heterocycles. The number of benzene rings is 2. The van der Waals surface area contributed by atoms with E-state index in [1.807, 2.05) is 0 Å². The van der Waals surface area contributed by atoms with Gasteiger partial charge in [0.1, 0.15) is 12.3 Å². The van der Waals surface area contributed by atoms with Crippen molar-refractivity contribution in [1.29, 1.82) is 0 Å². The van der Waals surface area contributed by atoms with E-state index in [-0.39, 0.29) is 33.7 Å². The van der Waals surface area contributed by atoms with E-state index in [1.54, 1.807) is 0 Å². The van der Waals surface area contributed by atoms with Gasteiger partial charge >= 0.3 is 0 Å². The summed E-state index contributed by atoms with van der Waals surface area (Å²) in [4.78, 5) is 49.5. The molecule has 0 aliphatic rings. The van der Waals surface area contributed by atoms with Crippen molar-refractivity contribution in [2.75, 3.05) is 12.4 Å². The summed E-state index contributed by atoms with van der Waals surface area (Å²) >= 11 is 0. The lowest BCUT2D eigenvalue weighted by Gasteiger charge is -2.11. The van der Waals surface area contributed by atoms with Gasteiger partial charge in [0.2, 0.25) is 5.91 Å². The van der Waals surface area contributed by atoms with E-state index in [4.69, 9.17) is 4.74 Å². The third-order valence-corrected chi connectivity index (χ3v) is 4.00. The van der Waals surface area contributed by atoms with Crippen LogP contribution in [0.2, 0.25) is 0 Å². The first-order chi connectivity index (χ1) is 13.8. The van der Waals surface area contributed by atoms with Crippen LogP contribution in [0.3, 0.4) is 0 Å². The predicted octanol–water partition coefficient (Wildman–Crippen LogP) is 1.86.